The van der Waals surface area contributed by atoms with Crippen LogP contribution < -0.4 is 5.32 Å². The molecular weight excluding hydrogens is 305 g/mol. The van der Waals surface area contributed by atoms with E-state index < -0.39 is 21.8 Å². The lowest BCUT2D eigenvalue weighted by molar-refractivity contribution is 0.186. The number of benzene rings is 2. The van der Waals surface area contributed by atoms with Crippen molar-refractivity contribution >= 4 is 15.5 Å². The quantitative estimate of drug-likeness (QED) is 0.858. The van der Waals surface area contributed by atoms with Crippen molar-refractivity contribution in [2.75, 3.05) is 17.6 Å². The Hall–Kier alpha value is -1.92. The van der Waals surface area contributed by atoms with Crippen LogP contribution in [0, 0.1) is 5.82 Å². The van der Waals surface area contributed by atoms with Crippen molar-refractivity contribution in [3.05, 3.63) is 59.9 Å². The van der Waals surface area contributed by atoms with Crippen LogP contribution >= 0.6 is 0 Å². The van der Waals surface area contributed by atoms with Crippen LogP contribution in [-0.2, 0) is 9.84 Å². The van der Waals surface area contributed by atoms with Crippen LogP contribution in [0.25, 0.3) is 0 Å². The molecule has 1 atom stereocenters. The molecule has 0 aliphatic carbocycles. The van der Waals surface area contributed by atoms with Crippen molar-refractivity contribution in [3.8, 4) is 0 Å². The van der Waals surface area contributed by atoms with E-state index in [4.69, 9.17) is 0 Å². The third-order valence-electron chi connectivity index (χ3n) is 3.35. The number of hydrogen-bond donors (Lipinski definition) is 2. The van der Waals surface area contributed by atoms with Gasteiger partial charge in [-0.25, -0.2) is 12.8 Å². The van der Waals surface area contributed by atoms with Gasteiger partial charge in [-0.15, -0.1) is 0 Å². The Balaban J connectivity index is 2.18. The highest BCUT2D eigenvalue weighted by molar-refractivity contribution is 7.91. The van der Waals surface area contributed by atoms with Gasteiger partial charge in [0.05, 0.1) is 22.4 Å². The van der Waals surface area contributed by atoms with Crippen LogP contribution in [0.15, 0.2) is 53.4 Å². The molecule has 2 aromatic rings. The second-order valence-electron chi connectivity index (χ2n) is 4.82. The Morgan fingerprint density at radius 2 is 1.77 bits per heavy atom. The van der Waals surface area contributed by atoms with Crippen molar-refractivity contribution in [2.45, 2.75) is 17.9 Å². The van der Waals surface area contributed by atoms with E-state index in [-0.39, 0.29) is 22.8 Å². The summed E-state index contributed by atoms with van der Waals surface area (Å²) in [5.41, 5.74) is 0.575. The number of aliphatic hydroxyl groups excluding tert-OH is 1. The molecule has 0 fully saturated rings. The van der Waals surface area contributed by atoms with E-state index in [2.05, 4.69) is 5.32 Å². The molecule has 0 amide bonds. The molecule has 0 aromatic heterocycles. The van der Waals surface area contributed by atoms with Crippen LogP contribution in [0.4, 0.5) is 10.1 Å². The molecule has 0 saturated carbocycles. The highest BCUT2D eigenvalue weighted by Gasteiger charge is 2.17. The topological polar surface area (TPSA) is 66.4 Å². The third-order valence-corrected chi connectivity index (χ3v) is 5.14. The average Bonchev–Trinajstić information content (AvgIpc) is 2.53. The molecule has 2 rings (SSSR count). The van der Waals surface area contributed by atoms with Gasteiger partial charge in [-0.3, -0.25) is 0 Å². The number of para-hydroxylation sites is 1. The number of nitrogens with one attached hydrogen (secondary N) is 1. The first-order valence-corrected chi connectivity index (χ1v) is 8.59. The fourth-order valence-electron chi connectivity index (χ4n) is 2.10. The van der Waals surface area contributed by atoms with Crippen LogP contribution in [0.2, 0.25) is 0 Å². The van der Waals surface area contributed by atoms with Crippen molar-refractivity contribution < 1.29 is 17.9 Å². The molecule has 0 radical (unpaired) electrons. The van der Waals surface area contributed by atoms with Gasteiger partial charge < -0.3 is 10.4 Å². The number of aliphatic hydroxyl groups is 1. The molecule has 22 heavy (non-hydrogen) atoms. The van der Waals surface area contributed by atoms with Gasteiger partial charge in [0.15, 0.2) is 9.84 Å². The zero-order valence-electron chi connectivity index (χ0n) is 12.2. The zero-order valence-corrected chi connectivity index (χ0v) is 13.0. The largest absolute Gasteiger partial charge is 0.386 e. The molecule has 2 aromatic carbocycles. The molecule has 0 aliphatic heterocycles. The van der Waals surface area contributed by atoms with Crippen LogP contribution in [0.5, 0.6) is 0 Å². The summed E-state index contributed by atoms with van der Waals surface area (Å²) in [6.45, 7) is 1.58. The van der Waals surface area contributed by atoms with E-state index in [0.29, 0.717) is 5.69 Å². The van der Waals surface area contributed by atoms with Crippen LogP contribution in [0.3, 0.4) is 0 Å². The molecule has 118 valence electrons. The molecule has 0 aliphatic rings. The summed E-state index contributed by atoms with van der Waals surface area (Å²) >= 11 is 0. The molecule has 2 N–H and O–H groups in total. The maximum Gasteiger partial charge on any atom is 0.180 e. The number of rotatable bonds is 6. The third kappa shape index (κ3) is 3.64. The normalized spacial score (nSPS) is 12.9. The maximum absolute atomic E-state index is 13.6. The van der Waals surface area contributed by atoms with E-state index in [1.165, 1.54) is 18.2 Å². The van der Waals surface area contributed by atoms with Gasteiger partial charge >= 0.3 is 0 Å². The number of anilines is 1. The monoisotopic (exact) mass is 323 g/mol. The first-order valence-electron chi connectivity index (χ1n) is 6.94. The van der Waals surface area contributed by atoms with Gasteiger partial charge in [-0.05, 0) is 18.2 Å². The van der Waals surface area contributed by atoms with Crippen molar-refractivity contribution in [1.82, 2.24) is 0 Å². The number of halogens is 1. The van der Waals surface area contributed by atoms with Crippen molar-refractivity contribution in [1.29, 1.82) is 0 Å². The first-order chi connectivity index (χ1) is 10.5. The minimum Gasteiger partial charge on any atom is -0.386 e. The molecular formula is C16H18FNO3S. The molecule has 0 spiro atoms. The molecule has 4 nitrogen and oxygen atoms in total. The number of sulfone groups is 1. The van der Waals surface area contributed by atoms with Crippen molar-refractivity contribution in [3.63, 3.8) is 0 Å². The van der Waals surface area contributed by atoms with Crippen molar-refractivity contribution in [2.24, 2.45) is 0 Å². The SMILES string of the molecule is CCS(=O)(=O)c1ccccc1NCC(O)c1ccccc1F. The molecule has 0 heterocycles. The van der Waals surface area contributed by atoms with Crippen LogP contribution in [-0.4, -0.2) is 25.8 Å². The van der Waals surface area contributed by atoms with Gasteiger partial charge in [-0.2, -0.15) is 0 Å². The Morgan fingerprint density at radius 3 is 2.45 bits per heavy atom. The second-order valence-corrected chi connectivity index (χ2v) is 7.06. The predicted octanol–water partition coefficient (Wildman–Crippen LogP) is 2.76. The van der Waals surface area contributed by atoms with Gasteiger partial charge in [0.1, 0.15) is 5.82 Å². The first kappa shape index (κ1) is 16.5. The molecule has 0 bridgehead atoms. The minimum atomic E-state index is -3.37. The Kier molecular flexibility index (Phi) is 5.15. The highest BCUT2D eigenvalue weighted by atomic mass is 32.2. The molecule has 0 saturated heterocycles. The van der Waals surface area contributed by atoms with Gasteiger partial charge in [-0.1, -0.05) is 37.3 Å². The summed E-state index contributed by atoms with van der Waals surface area (Å²) in [7, 11) is -3.37. The zero-order chi connectivity index (χ0) is 16.2. The Labute approximate surface area is 129 Å². The fourth-order valence-corrected chi connectivity index (χ4v) is 3.17. The average molecular weight is 323 g/mol. The fraction of sp³-hybridized carbons (Fsp3) is 0.250. The van der Waals surface area contributed by atoms with Gasteiger partial charge in [0.25, 0.3) is 0 Å². The molecule has 1 unspecified atom stereocenters. The summed E-state index contributed by atoms with van der Waals surface area (Å²) in [4.78, 5) is 0.179. The summed E-state index contributed by atoms with van der Waals surface area (Å²) in [6.07, 6.45) is -1.07. The molecule has 6 heteroatoms. The van der Waals surface area contributed by atoms with Gasteiger partial charge in [0, 0.05) is 12.1 Å². The summed E-state index contributed by atoms with van der Waals surface area (Å²) < 4.78 is 37.7. The second kappa shape index (κ2) is 6.89. The lowest BCUT2D eigenvalue weighted by atomic mass is 10.1. The summed E-state index contributed by atoms with van der Waals surface area (Å²) in [6, 6.07) is 12.4. The van der Waals surface area contributed by atoms with E-state index in [9.17, 15) is 17.9 Å². The lowest BCUT2D eigenvalue weighted by Gasteiger charge is -2.16. The Morgan fingerprint density at radius 1 is 1.14 bits per heavy atom. The van der Waals surface area contributed by atoms with E-state index in [0.717, 1.165) is 0 Å². The van der Waals surface area contributed by atoms with E-state index in [1.54, 1.807) is 37.3 Å². The highest BCUT2D eigenvalue weighted by Crippen LogP contribution is 2.23. The summed E-state index contributed by atoms with van der Waals surface area (Å²) in [5, 5.41) is 12.9. The Bertz CT molecular complexity index is 747. The standard InChI is InChI=1S/C16H18FNO3S/c1-2-22(20,21)16-10-6-5-9-14(16)18-11-15(19)12-7-3-4-8-13(12)17/h3-10,15,18-19H,2,11H2,1H3. The lowest BCUT2D eigenvalue weighted by Crippen LogP contribution is -2.16. The van der Waals surface area contributed by atoms with Gasteiger partial charge in [0.2, 0.25) is 0 Å². The van der Waals surface area contributed by atoms with Crippen LogP contribution in [0.1, 0.15) is 18.6 Å². The van der Waals surface area contributed by atoms with E-state index in [1.807, 2.05) is 0 Å². The number of hydrogen-bond acceptors (Lipinski definition) is 4. The minimum absolute atomic E-state index is 0.0111. The smallest absolute Gasteiger partial charge is 0.180 e. The predicted molar refractivity (Wildman–Crippen MR) is 84.0 cm³/mol. The maximum atomic E-state index is 13.6. The summed E-state index contributed by atoms with van der Waals surface area (Å²) in [5.74, 6) is -0.507. The van der Waals surface area contributed by atoms with E-state index >= 15 is 0 Å².